The Morgan fingerprint density at radius 3 is 2.75 bits per heavy atom. The van der Waals surface area contributed by atoms with Gasteiger partial charge >= 0.3 is 0 Å². The molecule has 0 spiro atoms. The van der Waals surface area contributed by atoms with Gasteiger partial charge in [-0.05, 0) is 18.2 Å². The van der Waals surface area contributed by atoms with Crippen molar-refractivity contribution >= 4 is 17.3 Å². The number of benzene rings is 1. The molecule has 4 heteroatoms. The lowest BCUT2D eigenvalue weighted by Gasteiger charge is -2.06. The average Bonchev–Trinajstić information content (AvgIpc) is 2.08. The predicted molar refractivity (Wildman–Crippen MR) is 48.4 cm³/mol. The van der Waals surface area contributed by atoms with Gasteiger partial charge in [-0.3, -0.25) is 0 Å². The third-order valence-electron chi connectivity index (χ3n) is 1.52. The van der Waals surface area contributed by atoms with Crippen molar-refractivity contribution < 1.29 is 0 Å². The van der Waals surface area contributed by atoms with E-state index in [2.05, 4.69) is 0 Å². The maximum absolute atomic E-state index is 8.53. The van der Waals surface area contributed by atoms with E-state index in [4.69, 9.17) is 28.3 Å². The van der Waals surface area contributed by atoms with Crippen LogP contribution in [0.15, 0.2) is 18.2 Å². The van der Waals surface area contributed by atoms with Crippen LogP contribution >= 0.6 is 11.6 Å². The zero-order chi connectivity index (χ0) is 9.14. The number of nitrogens with two attached hydrogens (primary N) is 2. The molecule has 1 aromatic carbocycles. The van der Waals surface area contributed by atoms with E-state index in [1.807, 2.05) is 6.07 Å². The van der Waals surface area contributed by atoms with Gasteiger partial charge in [-0.2, -0.15) is 5.26 Å². The normalized spacial score (nSPS) is 12.1. The minimum atomic E-state index is -0.705. The van der Waals surface area contributed by atoms with Crippen molar-refractivity contribution in [1.29, 1.82) is 5.26 Å². The lowest BCUT2D eigenvalue weighted by atomic mass is 10.1. The van der Waals surface area contributed by atoms with Gasteiger partial charge in [0.05, 0.1) is 6.07 Å². The number of anilines is 1. The molecule has 0 aromatic heterocycles. The summed E-state index contributed by atoms with van der Waals surface area (Å²) in [5.41, 5.74) is 12.1. The largest absolute Gasteiger partial charge is 0.398 e. The topological polar surface area (TPSA) is 75.8 Å². The highest BCUT2D eigenvalue weighted by Crippen LogP contribution is 2.22. The molecule has 0 bridgehead atoms. The summed E-state index contributed by atoms with van der Waals surface area (Å²) in [5, 5.41) is 9.06. The van der Waals surface area contributed by atoms with Gasteiger partial charge in [0.2, 0.25) is 0 Å². The van der Waals surface area contributed by atoms with E-state index >= 15 is 0 Å². The van der Waals surface area contributed by atoms with Crippen LogP contribution in [0.3, 0.4) is 0 Å². The first-order chi connectivity index (χ1) is 5.65. The zero-order valence-corrected chi connectivity index (χ0v) is 7.05. The fourth-order valence-corrected chi connectivity index (χ4v) is 1.07. The maximum atomic E-state index is 8.53. The maximum Gasteiger partial charge on any atom is 0.120 e. The van der Waals surface area contributed by atoms with Gasteiger partial charge < -0.3 is 11.5 Å². The van der Waals surface area contributed by atoms with E-state index in [1.54, 1.807) is 18.2 Å². The van der Waals surface area contributed by atoms with E-state index in [0.29, 0.717) is 16.3 Å². The first-order valence-electron chi connectivity index (χ1n) is 3.35. The van der Waals surface area contributed by atoms with Crippen molar-refractivity contribution in [3.8, 4) is 6.07 Å². The van der Waals surface area contributed by atoms with Crippen molar-refractivity contribution in [1.82, 2.24) is 0 Å². The Kier molecular flexibility index (Phi) is 2.54. The average molecular weight is 182 g/mol. The molecule has 0 saturated carbocycles. The number of rotatable bonds is 1. The van der Waals surface area contributed by atoms with Crippen molar-refractivity contribution in [2.45, 2.75) is 6.04 Å². The van der Waals surface area contributed by atoms with Crippen molar-refractivity contribution in [2.24, 2.45) is 5.73 Å². The molecule has 0 radical (unpaired) electrons. The van der Waals surface area contributed by atoms with Crippen molar-refractivity contribution in [3.63, 3.8) is 0 Å². The van der Waals surface area contributed by atoms with Gasteiger partial charge in [0, 0.05) is 16.3 Å². The lowest BCUT2D eigenvalue weighted by Crippen LogP contribution is -2.09. The molecule has 0 heterocycles. The molecular weight excluding hydrogens is 174 g/mol. The molecule has 4 N–H and O–H groups in total. The van der Waals surface area contributed by atoms with Gasteiger partial charge in [0.15, 0.2) is 0 Å². The summed E-state index contributed by atoms with van der Waals surface area (Å²) in [5.74, 6) is 0. The minimum Gasteiger partial charge on any atom is -0.398 e. The smallest absolute Gasteiger partial charge is 0.120 e. The molecule has 3 nitrogen and oxygen atoms in total. The van der Waals surface area contributed by atoms with Gasteiger partial charge in [-0.25, -0.2) is 0 Å². The van der Waals surface area contributed by atoms with Crippen LogP contribution in [0.2, 0.25) is 5.02 Å². The summed E-state index contributed by atoms with van der Waals surface area (Å²) in [4.78, 5) is 0. The molecule has 62 valence electrons. The summed E-state index contributed by atoms with van der Waals surface area (Å²) < 4.78 is 0. The Morgan fingerprint density at radius 1 is 1.50 bits per heavy atom. The standard InChI is InChI=1S/C8H8ClN3/c9-5-1-2-7(11)6(3-5)8(12)4-10/h1-3,8H,11-12H2. The zero-order valence-electron chi connectivity index (χ0n) is 6.29. The Labute approximate surface area is 75.5 Å². The number of hydrogen-bond donors (Lipinski definition) is 2. The number of nitrogen functional groups attached to an aromatic ring is 1. The fraction of sp³-hybridized carbons (Fsp3) is 0.125. The number of hydrogen-bond acceptors (Lipinski definition) is 3. The Bertz CT molecular complexity index is 330. The van der Waals surface area contributed by atoms with Crippen LogP contribution in [0.5, 0.6) is 0 Å². The van der Waals surface area contributed by atoms with Crippen molar-refractivity contribution in [2.75, 3.05) is 5.73 Å². The number of halogens is 1. The van der Waals surface area contributed by atoms with Crippen LogP contribution < -0.4 is 11.5 Å². The van der Waals surface area contributed by atoms with Gasteiger partial charge in [0.1, 0.15) is 6.04 Å². The molecule has 1 atom stereocenters. The number of nitriles is 1. The summed E-state index contributed by atoms with van der Waals surface area (Å²) in [6.07, 6.45) is 0. The minimum absolute atomic E-state index is 0.494. The number of nitrogens with zero attached hydrogens (tertiary/aromatic N) is 1. The van der Waals surface area contributed by atoms with Gasteiger partial charge in [-0.15, -0.1) is 0 Å². The van der Waals surface area contributed by atoms with E-state index in [9.17, 15) is 0 Å². The van der Waals surface area contributed by atoms with Crippen molar-refractivity contribution in [3.05, 3.63) is 28.8 Å². The van der Waals surface area contributed by atoms with E-state index in [0.717, 1.165) is 0 Å². The molecule has 0 aliphatic carbocycles. The molecule has 0 saturated heterocycles. The molecule has 0 aliphatic heterocycles. The van der Waals surface area contributed by atoms with E-state index in [1.165, 1.54) is 0 Å². The second-order valence-corrected chi connectivity index (χ2v) is 2.82. The molecule has 12 heavy (non-hydrogen) atoms. The molecule has 1 unspecified atom stereocenters. The SMILES string of the molecule is N#CC(N)c1cc(Cl)ccc1N. The summed E-state index contributed by atoms with van der Waals surface area (Å²) >= 11 is 5.70. The van der Waals surface area contributed by atoms with Crippen LogP contribution in [0.4, 0.5) is 5.69 Å². The fourth-order valence-electron chi connectivity index (χ4n) is 0.884. The van der Waals surface area contributed by atoms with Gasteiger partial charge in [-0.1, -0.05) is 11.6 Å². The molecule has 0 fully saturated rings. The second-order valence-electron chi connectivity index (χ2n) is 2.38. The van der Waals surface area contributed by atoms with Gasteiger partial charge in [0.25, 0.3) is 0 Å². The highest BCUT2D eigenvalue weighted by molar-refractivity contribution is 6.30. The third-order valence-corrected chi connectivity index (χ3v) is 1.76. The van der Waals surface area contributed by atoms with Crippen LogP contribution in [0.1, 0.15) is 11.6 Å². The molecule has 1 rings (SSSR count). The van der Waals surface area contributed by atoms with Crippen LogP contribution in [-0.2, 0) is 0 Å². The second kappa shape index (κ2) is 3.44. The third kappa shape index (κ3) is 1.67. The quantitative estimate of drug-likeness (QED) is 0.644. The first-order valence-corrected chi connectivity index (χ1v) is 3.73. The highest BCUT2D eigenvalue weighted by atomic mass is 35.5. The summed E-state index contributed by atoms with van der Waals surface area (Å²) in [6.45, 7) is 0. The highest BCUT2D eigenvalue weighted by Gasteiger charge is 2.08. The molecular formula is C8H8ClN3. The first kappa shape index (κ1) is 8.85. The molecule has 0 amide bonds. The lowest BCUT2D eigenvalue weighted by molar-refractivity contribution is 0.930. The summed E-state index contributed by atoms with van der Waals surface area (Å²) in [7, 11) is 0. The molecule has 0 aliphatic rings. The Hall–Kier alpha value is -1.24. The predicted octanol–water partition coefficient (Wildman–Crippen LogP) is 1.45. The molecule has 1 aromatic rings. The summed E-state index contributed by atoms with van der Waals surface area (Å²) in [6, 6.07) is 6.08. The van der Waals surface area contributed by atoms with Crippen LogP contribution in [0.25, 0.3) is 0 Å². The Morgan fingerprint density at radius 2 is 2.17 bits per heavy atom. The monoisotopic (exact) mass is 181 g/mol. The van der Waals surface area contributed by atoms with E-state index < -0.39 is 6.04 Å². The van der Waals surface area contributed by atoms with E-state index in [-0.39, 0.29) is 0 Å². The van der Waals surface area contributed by atoms with Crippen LogP contribution in [-0.4, -0.2) is 0 Å². The Balaban J connectivity index is 3.15. The van der Waals surface area contributed by atoms with Crippen LogP contribution in [0, 0.1) is 11.3 Å².